The molecule has 0 radical (unpaired) electrons. The summed E-state index contributed by atoms with van der Waals surface area (Å²) in [5.41, 5.74) is 4.76. The lowest BCUT2D eigenvalue weighted by Crippen LogP contribution is -1.95. The fourth-order valence-corrected chi connectivity index (χ4v) is 3.75. The SMILES string of the molecule is Cc1cc(-c2nc(-c3ccc(CO)c(CO)c3)no2)c(F)cc1-c1ccsc1. The van der Waals surface area contributed by atoms with Gasteiger partial charge in [-0.25, -0.2) is 4.39 Å². The smallest absolute Gasteiger partial charge is 0.261 e. The van der Waals surface area contributed by atoms with Crippen molar-refractivity contribution in [1.82, 2.24) is 10.1 Å². The van der Waals surface area contributed by atoms with Gasteiger partial charge in [-0.05, 0) is 69.8 Å². The van der Waals surface area contributed by atoms with Gasteiger partial charge in [0.1, 0.15) is 5.82 Å². The van der Waals surface area contributed by atoms with Crippen LogP contribution in [0.15, 0.2) is 51.7 Å². The number of hydrogen-bond acceptors (Lipinski definition) is 6. The molecular formula is C21H17FN2O3S. The highest BCUT2D eigenvalue weighted by Crippen LogP contribution is 2.32. The summed E-state index contributed by atoms with van der Waals surface area (Å²) in [6.45, 7) is 1.52. The Morgan fingerprint density at radius 3 is 2.54 bits per heavy atom. The van der Waals surface area contributed by atoms with E-state index in [9.17, 15) is 14.6 Å². The lowest BCUT2D eigenvalue weighted by atomic mass is 10.00. The predicted octanol–water partition coefficient (Wildman–Crippen LogP) is 4.56. The Kier molecular flexibility index (Phi) is 5.04. The molecule has 0 saturated carbocycles. The van der Waals surface area contributed by atoms with Crippen LogP contribution < -0.4 is 0 Å². The Balaban J connectivity index is 1.71. The maximum Gasteiger partial charge on any atom is 0.261 e. The summed E-state index contributed by atoms with van der Waals surface area (Å²) in [5, 5.41) is 26.6. The lowest BCUT2D eigenvalue weighted by Gasteiger charge is -2.07. The van der Waals surface area contributed by atoms with Crippen LogP contribution in [-0.2, 0) is 13.2 Å². The van der Waals surface area contributed by atoms with Gasteiger partial charge >= 0.3 is 0 Å². The zero-order valence-electron chi connectivity index (χ0n) is 15.0. The van der Waals surface area contributed by atoms with Gasteiger partial charge in [-0.2, -0.15) is 16.3 Å². The average molecular weight is 396 g/mol. The fourth-order valence-electron chi connectivity index (χ4n) is 3.09. The van der Waals surface area contributed by atoms with Gasteiger partial charge in [0.05, 0.1) is 18.8 Å². The number of thiophene rings is 1. The number of aliphatic hydroxyl groups is 2. The molecule has 0 aliphatic heterocycles. The summed E-state index contributed by atoms with van der Waals surface area (Å²) in [4.78, 5) is 4.32. The van der Waals surface area contributed by atoms with Crippen LogP contribution in [0.2, 0.25) is 0 Å². The summed E-state index contributed by atoms with van der Waals surface area (Å²) in [6.07, 6.45) is 0. The van der Waals surface area contributed by atoms with Crippen molar-refractivity contribution >= 4 is 11.3 Å². The molecule has 142 valence electrons. The molecular weight excluding hydrogens is 379 g/mol. The maximum atomic E-state index is 14.8. The quantitative estimate of drug-likeness (QED) is 0.517. The van der Waals surface area contributed by atoms with Crippen LogP contribution in [0.3, 0.4) is 0 Å². The molecule has 0 fully saturated rings. The van der Waals surface area contributed by atoms with Crippen LogP contribution in [0.4, 0.5) is 4.39 Å². The largest absolute Gasteiger partial charge is 0.392 e. The van der Waals surface area contributed by atoms with Crippen LogP contribution in [0, 0.1) is 12.7 Å². The van der Waals surface area contributed by atoms with Crippen molar-refractivity contribution in [2.75, 3.05) is 0 Å². The van der Waals surface area contributed by atoms with E-state index in [1.165, 1.54) is 6.07 Å². The van der Waals surface area contributed by atoms with E-state index < -0.39 is 5.82 Å². The molecule has 0 unspecified atom stereocenters. The second kappa shape index (κ2) is 7.63. The lowest BCUT2D eigenvalue weighted by molar-refractivity contribution is 0.260. The van der Waals surface area contributed by atoms with Crippen molar-refractivity contribution in [3.05, 3.63) is 69.7 Å². The minimum Gasteiger partial charge on any atom is -0.392 e. The monoisotopic (exact) mass is 396 g/mol. The highest BCUT2D eigenvalue weighted by Gasteiger charge is 2.18. The second-order valence-corrected chi connectivity index (χ2v) is 7.16. The topological polar surface area (TPSA) is 79.4 Å². The third-order valence-corrected chi connectivity index (χ3v) is 5.29. The summed E-state index contributed by atoms with van der Waals surface area (Å²) in [6, 6.07) is 10.2. The third-order valence-electron chi connectivity index (χ3n) is 4.61. The highest BCUT2D eigenvalue weighted by molar-refractivity contribution is 7.08. The number of benzene rings is 2. The van der Waals surface area contributed by atoms with Gasteiger partial charge in [0.25, 0.3) is 5.89 Å². The van der Waals surface area contributed by atoms with Crippen molar-refractivity contribution in [3.63, 3.8) is 0 Å². The average Bonchev–Trinajstić information content (AvgIpc) is 3.41. The van der Waals surface area contributed by atoms with Crippen LogP contribution in [0.25, 0.3) is 34.0 Å². The first-order valence-electron chi connectivity index (χ1n) is 8.61. The maximum absolute atomic E-state index is 14.8. The minimum atomic E-state index is -0.436. The molecule has 0 aliphatic carbocycles. The van der Waals surface area contributed by atoms with Gasteiger partial charge in [0.15, 0.2) is 0 Å². The molecule has 2 N–H and O–H groups in total. The molecule has 2 heterocycles. The van der Waals surface area contributed by atoms with Crippen molar-refractivity contribution in [3.8, 4) is 34.0 Å². The molecule has 28 heavy (non-hydrogen) atoms. The molecule has 0 saturated heterocycles. The molecule has 2 aromatic heterocycles. The summed E-state index contributed by atoms with van der Waals surface area (Å²) >= 11 is 1.56. The van der Waals surface area contributed by atoms with Gasteiger partial charge in [0.2, 0.25) is 5.82 Å². The number of aromatic nitrogens is 2. The van der Waals surface area contributed by atoms with Crippen LogP contribution in [0.1, 0.15) is 16.7 Å². The van der Waals surface area contributed by atoms with Crippen molar-refractivity contribution in [2.24, 2.45) is 0 Å². The van der Waals surface area contributed by atoms with Crippen molar-refractivity contribution in [1.29, 1.82) is 0 Å². The molecule has 7 heteroatoms. The zero-order valence-corrected chi connectivity index (χ0v) is 15.8. The first-order chi connectivity index (χ1) is 13.6. The van der Waals surface area contributed by atoms with Crippen LogP contribution in [-0.4, -0.2) is 20.4 Å². The molecule has 0 atom stereocenters. The first-order valence-corrected chi connectivity index (χ1v) is 9.55. The first kappa shape index (κ1) is 18.5. The standard InChI is InChI=1S/C21H17FN2O3S/c1-12-6-18(19(22)8-17(12)15-4-5-28-11-15)21-23-20(24-27-21)13-2-3-14(9-25)16(7-13)10-26/h2-8,11,25-26H,9-10H2,1H3. The summed E-state index contributed by atoms with van der Waals surface area (Å²) in [5.74, 6) is -0.0638. The molecule has 4 rings (SSSR count). The predicted molar refractivity (Wildman–Crippen MR) is 105 cm³/mol. The van der Waals surface area contributed by atoms with E-state index in [1.54, 1.807) is 35.6 Å². The Hall–Kier alpha value is -2.87. The Labute approximate surface area is 164 Å². The second-order valence-electron chi connectivity index (χ2n) is 6.38. The van der Waals surface area contributed by atoms with Gasteiger partial charge < -0.3 is 14.7 Å². The number of rotatable bonds is 5. The van der Waals surface area contributed by atoms with E-state index >= 15 is 0 Å². The number of aryl methyl sites for hydroxylation is 1. The molecule has 5 nitrogen and oxygen atoms in total. The van der Waals surface area contributed by atoms with Gasteiger partial charge in [-0.1, -0.05) is 17.3 Å². The summed E-state index contributed by atoms with van der Waals surface area (Å²) < 4.78 is 20.0. The number of aliphatic hydroxyl groups excluding tert-OH is 2. The van der Waals surface area contributed by atoms with E-state index in [0.717, 1.165) is 16.7 Å². The molecule has 0 bridgehead atoms. The van der Waals surface area contributed by atoms with E-state index in [0.29, 0.717) is 16.7 Å². The molecule has 4 aromatic rings. The van der Waals surface area contributed by atoms with Gasteiger partial charge in [-0.3, -0.25) is 0 Å². The molecule has 0 spiro atoms. The fraction of sp³-hybridized carbons (Fsp3) is 0.143. The highest BCUT2D eigenvalue weighted by atomic mass is 32.1. The molecule has 0 aliphatic rings. The molecule has 2 aromatic carbocycles. The van der Waals surface area contributed by atoms with Crippen LogP contribution in [0.5, 0.6) is 0 Å². The third kappa shape index (κ3) is 3.35. The Morgan fingerprint density at radius 2 is 1.82 bits per heavy atom. The van der Waals surface area contributed by atoms with Crippen LogP contribution >= 0.6 is 11.3 Å². The van der Waals surface area contributed by atoms with Gasteiger partial charge in [-0.15, -0.1) is 0 Å². The van der Waals surface area contributed by atoms with Crippen molar-refractivity contribution in [2.45, 2.75) is 20.1 Å². The zero-order chi connectivity index (χ0) is 19.7. The van der Waals surface area contributed by atoms with E-state index in [1.807, 2.05) is 23.8 Å². The number of hydrogen-bond donors (Lipinski definition) is 2. The van der Waals surface area contributed by atoms with E-state index in [4.69, 9.17) is 4.52 Å². The normalized spacial score (nSPS) is 11.1. The van der Waals surface area contributed by atoms with E-state index in [2.05, 4.69) is 10.1 Å². The minimum absolute atomic E-state index is 0.0873. The number of halogens is 1. The molecule has 0 amide bonds. The van der Waals surface area contributed by atoms with E-state index in [-0.39, 0.29) is 30.5 Å². The van der Waals surface area contributed by atoms with Crippen molar-refractivity contribution < 1.29 is 19.1 Å². The Bertz CT molecular complexity index is 1120. The Morgan fingerprint density at radius 1 is 1.00 bits per heavy atom. The number of nitrogens with zero attached hydrogens (tertiary/aromatic N) is 2. The summed E-state index contributed by atoms with van der Waals surface area (Å²) in [7, 11) is 0. The van der Waals surface area contributed by atoms with Gasteiger partial charge in [0, 0.05) is 5.56 Å².